The predicted molar refractivity (Wildman–Crippen MR) is 131 cm³/mol. The minimum atomic E-state index is -3.45. The number of halogens is 2. The number of piperazine rings is 1. The summed E-state index contributed by atoms with van der Waals surface area (Å²) in [5, 5.41) is 2.48. The molecule has 2 aromatic rings. The molecular formula is C18H25ClIN5O2S2. The van der Waals surface area contributed by atoms with E-state index < -0.39 is 10.0 Å². The Kier molecular flexibility index (Phi) is 9.01. The van der Waals surface area contributed by atoms with Gasteiger partial charge in [-0.3, -0.25) is 4.99 Å². The molecule has 0 spiro atoms. The summed E-state index contributed by atoms with van der Waals surface area (Å²) in [6.07, 6.45) is 0. The summed E-state index contributed by atoms with van der Waals surface area (Å²) in [6.45, 7) is 3.81. The zero-order chi connectivity index (χ0) is 20.1. The predicted octanol–water partition coefficient (Wildman–Crippen LogP) is 2.78. The number of nitrogens with two attached hydrogens (primary N) is 1. The van der Waals surface area contributed by atoms with Crippen molar-refractivity contribution in [1.82, 2.24) is 9.21 Å². The zero-order valence-corrected chi connectivity index (χ0v) is 20.8. The van der Waals surface area contributed by atoms with Crippen molar-refractivity contribution in [1.29, 1.82) is 0 Å². The van der Waals surface area contributed by atoms with Gasteiger partial charge in [-0.15, -0.1) is 35.3 Å². The quantitative estimate of drug-likeness (QED) is 0.329. The molecule has 29 heavy (non-hydrogen) atoms. The van der Waals surface area contributed by atoms with Crippen molar-refractivity contribution in [2.24, 2.45) is 10.7 Å². The lowest BCUT2D eigenvalue weighted by Gasteiger charge is -2.36. The van der Waals surface area contributed by atoms with E-state index >= 15 is 0 Å². The minimum Gasteiger partial charge on any atom is -0.370 e. The highest BCUT2D eigenvalue weighted by atomic mass is 127. The van der Waals surface area contributed by atoms with E-state index in [0.717, 1.165) is 36.9 Å². The Morgan fingerprint density at radius 3 is 2.45 bits per heavy atom. The molecule has 0 bridgehead atoms. The summed E-state index contributed by atoms with van der Waals surface area (Å²) in [4.78, 5) is 8.68. The van der Waals surface area contributed by atoms with Crippen LogP contribution in [0.25, 0.3) is 0 Å². The van der Waals surface area contributed by atoms with Gasteiger partial charge in [0.05, 0.1) is 6.54 Å². The Bertz CT molecular complexity index is 899. The van der Waals surface area contributed by atoms with Crippen LogP contribution >= 0.6 is 46.9 Å². The largest absolute Gasteiger partial charge is 0.370 e. The maximum absolute atomic E-state index is 12.4. The Balaban J connectivity index is 0.00000300. The van der Waals surface area contributed by atoms with E-state index in [1.807, 2.05) is 29.2 Å². The summed E-state index contributed by atoms with van der Waals surface area (Å²) >= 11 is 7.15. The molecule has 0 atom stereocenters. The first-order chi connectivity index (χ1) is 13.4. The van der Waals surface area contributed by atoms with Gasteiger partial charge >= 0.3 is 0 Å². The summed E-state index contributed by atoms with van der Waals surface area (Å²) in [6, 6.07) is 11.1. The summed E-state index contributed by atoms with van der Waals surface area (Å²) in [5.41, 5.74) is 7.26. The fourth-order valence-electron chi connectivity index (χ4n) is 2.94. The first-order valence-corrected chi connectivity index (χ1v) is 11.6. The molecule has 0 radical (unpaired) electrons. The molecule has 0 unspecified atom stereocenters. The topological polar surface area (TPSA) is 82.2 Å². The standard InChI is InChI=1S/C18H24ClN5O2S2.HI/c1-22(28(25,26)17-3-2-14-27-17)9-8-21-18(20)24-12-10-23(11-13-24)16-6-4-15(19)5-7-16;/h2-7,14H,8-13H2,1H3,(H2,20,21);1H. The molecule has 1 aliphatic heterocycles. The average molecular weight is 570 g/mol. The van der Waals surface area contributed by atoms with E-state index in [4.69, 9.17) is 17.3 Å². The molecule has 11 heteroatoms. The van der Waals surface area contributed by atoms with E-state index in [0.29, 0.717) is 16.7 Å². The highest BCUT2D eigenvalue weighted by molar-refractivity contribution is 14.0. The first-order valence-electron chi connectivity index (χ1n) is 8.93. The highest BCUT2D eigenvalue weighted by Crippen LogP contribution is 2.20. The third-order valence-electron chi connectivity index (χ3n) is 4.64. The molecule has 2 heterocycles. The van der Waals surface area contributed by atoms with Crippen molar-refractivity contribution in [3.8, 4) is 0 Å². The van der Waals surface area contributed by atoms with Crippen LogP contribution in [0.3, 0.4) is 0 Å². The number of hydrogen-bond acceptors (Lipinski definition) is 5. The van der Waals surface area contributed by atoms with E-state index in [1.54, 1.807) is 24.6 Å². The minimum absolute atomic E-state index is 0. The SMILES string of the molecule is CN(CCN=C(N)N1CCN(c2ccc(Cl)cc2)CC1)S(=O)(=O)c1cccs1.I. The van der Waals surface area contributed by atoms with Gasteiger partial charge in [-0.1, -0.05) is 17.7 Å². The number of thiophene rings is 1. The van der Waals surface area contributed by atoms with Gasteiger partial charge in [0.2, 0.25) is 0 Å². The van der Waals surface area contributed by atoms with Gasteiger partial charge in [0.1, 0.15) is 4.21 Å². The molecule has 1 aromatic carbocycles. The number of rotatable bonds is 6. The molecule has 160 valence electrons. The van der Waals surface area contributed by atoms with Gasteiger partial charge in [0.25, 0.3) is 10.0 Å². The van der Waals surface area contributed by atoms with Crippen LogP contribution in [0.4, 0.5) is 5.69 Å². The Morgan fingerprint density at radius 1 is 1.21 bits per heavy atom. The smallest absolute Gasteiger partial charge is 0.252 e. The lowest BCUT2D eigenvalue weighted by atomic mass is 10.2. The number of nitrogens with zero attached hydrogens (tertiary/aromatic N) is 4. The van der Waals surface area contributed by atoms with E-state index in [2.05, 4.69) is 9.89 Å². The van der Waals surface area contributed by atoms with Crippen molar-refractivity contribution < 1.29 is 8.42 Å². The van der Waals surface area contributed by atoms with Crippen LogP contribution in [0.5, 0.6) is 0 Å². The van der Waals surface area contributed by atoms with Crippen molar-refractivity contribution in [2.45, 2.75) is 4.21 Å². The molecule has 1 aliphatic rings. The maximum Gasteiger partial charge on any atom is 0.252 e. The van der Waals surface area contributed by atoms with Crippen LogP contribution in [-0.4, -0.2) is 69.9 Å². The van der Waals surface area contributed by atoms with Gasteiger partial charge in [-0.05, 0) is 35.7 Å². The van der Waals surface area contributed by atoms with Crippen LogP contribution in [-0.2, 0) is 10.0 Å². The number of benzene rings is 1. The number of sulfonamides is 1. The summed E-state index contributed by atoms with van der Waals surface area (Å²) in [7, 11) is -1.89. The summed E-state index contributed by atoms with van der Waals surface area (Å²) in [5.74, 6) is 0.456. The highest BCUT2D eigenvalue weighted by Gasteiger charge is 2.22. The average Bonchev–Trinajstić information content (AvgIpc) is 3.24. The second kappa shape index (κ2) is 10.8. The molecule has 1 fully saturated rings. The van der Waals surface area contributed by atoms with E-state index in [1.165, 1.54) is 15.6 Å². The molecule has 1 aromatic heterocycles. The molecule has 0 saturated carbocycles. The second-order valence-electron chi connectivity index (χ2n) is 6.45. The van der Waals surface area contributed by atoms with E-state index in [9.17, 15) is 8.42 Å². The van der Waals surface area contributed by atoms with Gasteiger partial charge in [0, 0.05) is 50.5 Å². The van der Waals surface area contributed by atoms with Crippen LogP contribution in [0.1, 0.15) is 0 Å². The fraction of sp³-hybridized carbons (Fsp3) is 0.389. The molecule has 0 aliphatic carbocycles. The molecule has 7 nitrogen and oxygen atoms in total. The third kappa shape index (κ3) is 6.20. The molecular weight excluding hydrogens is 545 g/mol. The lowest BCUT2D eigenvalue weighted by molar-refractivity contribution is 0.380. The molecule has 2 N–H and O–H groups in total. The maximum atomic E-state index is 12.4. The first kappa shape index (κ1) is 24.2. The second-order valence-corrected chi connectivity index (χ2v) is 10.1. The van der Waals surface area contributed by atoms with Crippen molar-refractivity contribution in [2.75, 3.05) is 51.2 Å². The number of anilines is 1. The van der Waals surface area contributed by atoms with Crippen LogP contribution in [0.2, 0.25) is 5.02 Å². The normalized spacial score (nSPS) is 15.5. The van der Waals surface area contributed by atoms with Gasteiger partial charge in [-0.25, -0.2) is 8.42 Å². The van der Waals surface area contributed by atoms with E-state index in [-0.39, 0.29) is 30.5 Å². The van der Waals surface area contributed by atoms with Gasteiger partial charge in [-0.2, -0.15) is 4.31 Å². The van der Waals surface area contributed by atoms with Crippen molar-refractivity contribution in [3.05, 3.63) is 46.8 Å². The monoisotopic (exact) mass is 569 g/mol. The zero-order valence-electron chi connectivity index (χ0n) is 16.1. The Morgan fingerprint density at radius 2 is 1.86 bits per heavy atom. The summed E-state index contributed by atoms with van der Waals surface area (Å²) < 4.78 is 26.4. The van der Waals surface area contributed by atoms with Crippen LogP contribution < -0.4 is 10.6 Å². The molecule has 3 rings (SSSR count). The van der Waals surface area contributed by atoms with Crippen LogP contribution in [0.15, 0.2) is 51.0 Å². The van der Waals surface area contributed by atoms with Gasteiger partial charge in [0.15, 0.2) is 5.96 Å². The number of hydrogen-bond donors (Lipinski definition) is 1. The Hall–Kier alpha value is -1.08. The number of aliphatic imine (C=N–C) groups is 1. The molecule has 1 saturated heterocycles. The number of likely N-dealkylation sites (N-methyl/N-ethyl adjacent to an activating group) is 1. The van der Waals surface area contributed by atoms with Crippen molar-refractivity contribution in [3.63, 3.8) is 0 Å². The lowest BCUT2D eigenvalue weighted by Crippen LogP contribution is -2.51. The fourth-order valence-corrected chi connectivity index (χ4v) is 5.42. The number of guanidine groups is 1. The Labute approximate surface area is 198 Å². The molecule has 0 amide bonds. The van der Waals surface area contributed by atoms with Crippen LogP contribution in [0, 0.1) is 0 Å². The third-order valence-corrected chi connectivity index (χ3v) is 8.13. The van der Waals surface area contributed by atoms with Crippen molar-refractivity contribution >= 4 is 68.6 Å². The van der Waals surface area contributed by atoms with Gasteiger partial charge < -0.3 is 15.5 Å².